The standard InChI is InChI=1S/C24H23ClN2O4S/c1-16-8-10-18(11-9-16)23(17-6-4-3-5-7-17)26-24(28)22-15-27(32(2,29)30)20-14-19(25)12-13-21(20)31-22/h3-14,22-23H,15H2,1-2H3,(H,26,28)/t22-,23+/m1/s1. The van der Waals surface area contributed by atoms with Gasteiger partial charge in [0.25, 0.3) is 5.91 Å². The third-order valence-electron chi connectivity index (χ3n) is 5.31. The van der Waals surface area contributed by atoms with Crippen molar-refractivity contribution in [1.82, 2.24) is 5.32 Å². The Morgan fingerprint density at radius 1 is 1.06 bits per heavy atom. The van der Waals surface area contributed by atoms with E-state index in [2.05, 4.69) is 5.32 Å². The number of ether oxygens (including phenoxy) is 1. The number of rotatable bonds is 5. The average molecular weight is 471 g/mol. The van der Waals surface area contributed by atoms with Crippen LogP contribution in [0.3, 0.4) is 0 Å². The molecule has 0 spiro atoms. The van der Waals surface area contributed by atoms with Crippen LogP contribution < -0.4 is 14.4 Å². The first-order valence-electron chi connectivity index (χ1n) is 10.1. The molecule has 6 nitrogen and oxygen atoms in total. The minimum absolute atomic E-state index is 0.145. The predicted molar refractivity (Wildman–Crippen MR) is 126 cm³/mol. The summed E-state index contributed by atoms with van der Waals surface area (Å²) in [5, 5.41) is 3.42. The molecule has 8 heteroatoms. The van der Waals surface area contributed by atoms with Crippen molar-refractivity contribution in [1.29, 1.82) is 0 Å². The van der Waals surface area contributed by atoms with Crippen LogP contribution in [0.5, 0.6) is 5.75 Å². The highest BCUT2D eigenvalue weighted by molar-refractivity contribution is 7.92. The summed E-state index contributed by atoms with van der Waals surface area (Å²) in [5.41, 5.74) is 3.26. The highest BCUT2D eigenvalue weighted by Gasteiger charge is 2.36. The van der Waals surface area contributed by atoms with Gasteiger partial charge < -0.3 is 10.1 Å². The Morgan fingerprint density at radius 3 is 2.38 bits per heavy atom. The lowest BCUT2D eigenvalue weighted by molar-refractivity contribution is -0.128. The van der Waals surface area contributed by atoms with E-state index in [1.807, 2.05) is 61.5 Å². The van der Waals surface area contributed by atoms with Crippen LogP contribution in [0.1, 0.15) is 22.7 Å². The van der Waals surface area contributed by atoms with E-state index >= 15 is 0 Å². The molecule has 0 saturated carbocycles. The van der Waals surface area contributed by atoms with Crippen LogP contribution in [-0.4, -0.2) is 33.2 Å². The SMILES string of the molecule is Cc1ccc([C@@H](NC(=O)[C@H]2CN(S(C)(=O)=O)c3cc(Cl)ccc3O2)c2ccccc2)cc1. The molecule has 0 unspecified atom stereocenters. The van der Waals surface area contributed by atoms with Gasteiger partial charge in [-0.05, 0) is 36.2 Å². The second-order valence-corrected chi connectivity index (χ2v) is 10.1. The lowest BCUT2D eigenvalue weighted by Crippen LogP contribution is -2.51. The normalized spacial score (nSPS) is 16.6. The van der Waals surface area contributed by atoms with Crippen molar-refractivity contribution in [3.63, 3.8) is 0 Å². The first-order chi connectivity index (χ1) is 15.2. The summed E-state index contributed by atoms with van der Waals surface area (Å²) in [6.07, 6.45) is 0.0758. The Hall–Kier alpha value is -3.03. The molecule has 0 bridgehead atoms. The second kappa shape index (κ2) is 8.84. The molecule has 0 fully saturated rings. The maximum absolute atomic E-state index is 13.3. The molecule has 32 heavy (non-hydrogen) atoms. The molecule has 1 aliphatic heterocycles. The number of carbonyl (C=O) groups excluding carboxylic acids is 1. The molecule has 2 atom stereocenters. The molecule has 0 radical (unpaired) electrons. The monoisotopic (exact) mass is 470 g/mol. The van der Waals surface area contributed by atoms with Crippen molar-refractivity contribution in [3.05, 3.63) is 94.5 Å². The smallest absolute Gasteiger partial charge is 0.263 e. The van der Waals surface area contributed by atoms with E-state index in [1.54, 1.807) is 12.1 Å². The number of nitrogens with zero attached hydrogens (tertiary/aromatic N) is 1. The fourth-order valence-corrected chi connectivity index (χ4v) is 4.75. The van der Waals surface area contributed by atoms with Crippen LogP contribution in [-0.2, 0) is 14.8 Å². The predicted octanol–water partition coefficient (Wildman–Crippen LogP) is 4.08. The molecular weight excluding hydrogens is 448 g/mol. The van der Waals surface area contributed by atoms with Gasteiger partial charge in [0.1, 0.15) is 5.75 Å². The van der Waals surface area contributed by atoms with E-state index in [0.29, 0.717) is 10.7 Å². The molecule has 0 aromatic heterocycles. The lowest BCUT2D eigenvalue weighted by Gasteiger charge is -2.34. The van der Waals surface area contributed by atoms with Gasteiger partial charge >= 0.3 is 0 Å². The fourth-order valence-electron chi connectivity index (χ4n) is 3.67. The van der Waals surface area contributed by atoms with Crippen LogP contribution in [0.2, 0.25) is 5.02 Å². The van der Waals surface area contributed by atoms with Crippen molar-refractivity contribution in [2.75, 3.05) is 17.1 Å². The number of amides is 1. The molecule has 1 aliphatic rings. The Labute approximate surface area is 192 Å². The van der Waals surface area contributed by atoms with Gasteiger partial charge in [0.15, 0.2) is 6.10 Å². The van der Waals surface area contributed by atoms with E-state index in [0.717, 1.165) is 27.3 Å². The number of carbonyl (C=O) groups is 1. The zero-order chi connectivity index (χ0) is 22.9. The zero-order valence-electron chi connectivity index (χ0n) is 17.7. The topological polar surface area (TPSA) is 75.7 Å². The van der Waals surface area contributed by atoms with Crippen LogP contribution in [0, 0.1) is 6.92 Å². The van der Waals surface area contributed by atoms with Crippen molar-refractivity contribution >= 4 is 33.2 Å². The number of benzene rings is 3. The van der Waals surface area contributed by atoms with E-state index in [-0.39, 0.29) is 12.3 Å². The number of sulfonamides is 1. The quantitative estimate of drug-likeness (QED) is 0.609. The largest absolute Gasteiger partial charge is 0.476 e. The minimum Gasteiger partial charge on any atom is -0.476 e. The molecule has 3 aromatic rings. The molecular formula is C24H23ClN2O4S. The third kappa shape index (κ3) is 4.74. The maximum Gasteiger partial charge on any atom is 0.263 e. The molecule has 1 amide bonds. The summed E-state index contributed by atoms with van der Waals surface area (Å²) >= 11 is 6.05. The van der Waals surface area contributed by atoms with Crippen molar-refractivity contribution in [2.24, 2.45) is 0 Å². The first-order valence-corrected chi connectivity index (χ1v) is 12.3. The molecule has 4 rings (SSSR count). The molecule has 0 aliphatic carbocycles. The summed E-state index contributed by atoms with van der Waals surface area (Å²) < 4.78 is 31.9. The van der Waals surface area contributed by atoms with E-state index in [9.17, 15) is 13.2 Å². The van der Waals surface area contributed by atoms with Crippen LogP contribution in [0.25, 0.3) is 0 Å². The molecule has 1 N–H and O–H groups in total. The number of aryl methyl sites for hydroxylation is 1. The van der Waals surface area contributed by atoms with Gasteiger partial charge in [-0.25, -0.2) is 8.42 Å². The number of anilines is 1. The summed E-state index contributed by atoms with van der Waals surface area (Å²) in [6, 6.07) is 21.8. The minimum atomic E-state index is -3.65. The van der Waals surface area contributed by atoms with Gasteiger partial charge in [-0.2, -0.15) is 0 Å². The van der Waals surface area contributed by atoms with Crippen LogP contribution >= 0.6 is 11.6 Å². The number of hydrogen-bond acceptors (Lipinski definition) is 4. The summed E-state index contributed by atoms with van der Waals surface area (Å²) in [4.78, 5) is 13.3. The number of hydrogen-bond donors (Lipinski definition) is 1. The van der Waals surface area contributed by atoms with E-state index < -0.39 is 28.1 Å². The summed E-state index contributed by atoms with van der Waals surface area (Å²) in [5.74, 6) is -0.119. The molecule has 0 saturated heterocycles. The first kappa shape index (κ1) is 22.2. The average Bonchev–Trinajstić information content (AvgIpc) is 2.77. The van der Waals surface area contributed by atoms with Gasteiger partial charge in [-0.15, -0.1) is 0 Å². The lowest BCUT2D eigenvalue weighted by atomic mass is 9.97. The number of halogens is 1. The van der Waals surface area contributed by atoms with Gasteiger partial charge in [0.2, 0.25) is 10.0 Å². The van der Waals surface area contributed by atoms with E-state index in [1.165, 1.54) is 6.07 Å². The van der Waals surface area contributed by atoms with Gasteiger partial charge in [0, 0.05) is 5.02 Å². The van der Waals surface area contributed by atoms with Crippen molar-refractivity contribution < 1.29 is 17.9 Å². The summed E-state index contributed by atoms with van der Waals surface area (Å²) in [6.45, 7) is 1.85. The van der Waals surface area contributed by atoms with Gasteiger partial charge in [-0.3, -0.25) is 9.10 Å². The van der Waals surface area contributed by atoms with Crippen LogP contribution in [0.15, 0.2) is 72.8 Å². The third-order valence-corrected chi connectivity index (χ3v) is 6.70. The van der Waals surface area contributed by atoms with E-state index in [4.69, 9.17) is 16.3 Å². The van der Waals surface area contributed by atoms with Gasteiger partial charge in [0.05, 0.1) is 24.5 Å². The highest BCUT2D eigenvalue weighted by Crippen LogP contribution is 2.37. The van der Waals surface area contributed by atoms with Crippen molar-refractivity contribution in [3.8, 4) is 5.75 Å². The Balaban J connectivity index is 1.65. The van der Waals surface area contributed by atoms with Crippen molar-refractivity contribution in [2.45, 2.75) is 19.1 Å². The zero-order valence-corrected chi connectivity index (χ0v) is 19.2. The Morgan fingerprint density at radius 2 is 1.72 bits per heavy atom. The van der Waals surface area contributed by atoms with Gasteiger partial charge in [-0.1, -0.05) is 71.8 Å². The maximum atomic E-state index is 13.3. The Bertz CT molecular complexity index is 1230. The summed E-state index contributed by atoms with van der Waals surface area (Å²) in [7, 11) is -3.65. The van der Waals surface area contributed by atoms with Crippen LogP contribution in [0.4, 0.5) is 5.69 Å². The number of nitrogens with one attached hydrogen (secondary N) is 1. The molecule has 3 aromatic carbocycles. The second-order valence-electron chi connectivity index (χ2n) is 7.78. The fraction of sp³-hybridized carbons (Fsp3) is 0.208. The molecule has 1 heterocycles. The Kier molecular flexibility index (Phi) is 6.13. The number of fused-ring (bicyclic) bond motifs is 1. The molecule has 166 valence electrons. The highest BCUT2D eigenvalue weighted by atomic mass is 35.5.